The van der Waals surface area contributed by atoms with Crippen molar-refractivity contribution >= 4 is 11.7 Å². The van der Waals surface area contributed by atoms with Crippen LogP contribution in [0.3, 0.4) is 0 Å². The van der Waals surface area contributed by atoms with Crippen molar-refractivity contribution in [2.24, 2.45) is 5.92 Å². The molecule has 2 aromatic rings. The molecular weight excluding hydrogens is 331 g/mol. The first-order valence-electron chi connectivity index (χ1n) is 8.67. The van der Waals surface area contributed by atoms with E-state index in [9.17, 15) is 9.18 Å². The van der Waals surface area contributed by atoms with Gasteiger partial charge in [0.25, 0.3) is 0 Å². The Balaban J connectivity index is 1.54. The molecule has 0 bridgehead atoms. The molecule has 0 saturated carbocycles. The van der Waals surface area contributed by atoms with E-state index in [0.717, 1.165) is 37.3 Å². The maximum atomic E-state index is 13.0. The Kier molecular flexibility index (Phi) is 5.47. The van der Waals surface area contributed by atoms with Crippen molar-refractivity contribution in [1.82, 2.24) is 9.88 Å². The number of rotatable bonds is 4. The molecule has 2 heterocycles. The molecule has 0 aliphatic carbocycles. The minimum atomic E-state index is -0.272. The number of benzene rings is 1. The minimum absolute atomic E-state index is 0.00456. The lowest BCUT2D eigenvalue weighted by atomic mass is 9.95. The van der Waals surface area contributed by atoms with Crippen LogP contribution in [0.15, 0.2) is 42.6 Å². The fourth-order valence-electron chi connectivity index (χ4n) is 3.25. The summed E-state index contributed by atoms with van der Waals surface area (Å²) < 4.78 is 13.0. The first kappa shape index (κ1) is 17.9. The van der Waals surface area contributed by atoms with E-state index in [2.05, 4.69) is 16.0 Å². The summed E-state index contributed by atoms with van der Waals surface area (Å²) in [7, 11) is 1.79. The fraction of sp³-hybridized carbons (Fsp3) is 0.350. The summed E-state index contributed by atoms with van der Waals surface area (Å²) in [6.45, 7) is 2.01. The molecule has 1 fully saturated rings. The lowest BCUT2D eigenvalue weighted by Gasteiger charge is -2.34. The number of piperidine rings is 1. The van der Waals surface area contributed by atoms with Crippen molar-refractivity contribution in [3.63, 3.8) is 0 Å². The third-order valence-electron chi connectivity index (χ3n) is 4.75. The quantitative estimate of drug-likeness (QED) is 0.849. The molecule has 0 spiro atoms. The van der Waals surface area contributed by atoms with E-state index < -0.39 is 0 Å². The first-order chi connectivity index (χ1) is 12.6. The number of amides is 1. The maximum absolute atomic E-state index is 13.0. The molecule has 1 aromatic carbocycles. The molecular formula is C20H21FN4O. The van der Waals surface area contributed by atoms with Crippen LogP contribution in [0.2, 0.25) is 0 Å². The van der Waals surface area contributed by atoms with Crippen LogP contribution in [-0.4, -0.2) is 35.9 Å². The summed E-state index contributed by atoms with van der Waals surface area (Å²) >= 11 is 0. The van der Waals surface area contributed by atoms with Gasteiger partial charge in [0.05, 0.1) is 5.56 Å². The molecule has 6 heteroatoms. The predicted octanol–water partition coefficient (Wildman–Crippen LogP) is 2.97. The monoisotopic (exact) mass is 352 g/mol. The third-order valence-corrected chi connectivity index (χ3v) is 4.75. The Morgan fingerprint density at radius 2 is 1.96 bits per heavy atom. The lowest BCUT2D eigenvalue weighted by molar-refractivity contribution is -0.135. The van der Waals surface area contributed by atoms with Crippen molar-refractivity contribution < 1.29 is 9.18 Å². The van der Waals surface area contributed by atoms with E-state index >= 15 is 0 Å². The van der Waals surface area contributed by atoms with Gasteiger partial charge in [-0.3, -0.25) is 4.79 Å². The Labute approximate surface area is 152 Å². The van der Waals surface area contributed by atoms with E-state index in [1.165, 1.54) is 12.1 Å². The van der Waals surface area contributed by atoms with Crippen LogP contribution < -0.4 is 4.90 Å². The highest BCUT2D eigenvalue weighted by molar-refractivity contribution is 5.79. The van der Waals surface area contributed by atoms with Crippen LogP contribution in [0.1, 0.15) is 24.0 Å². The maximum Gasteiger partial charge on any atom is 0.225 e. The van der Waals surface area contributed by atoms with Gasteiger partial charge in [0.1, 0.15) is 17.7 Å². The second kappa shape index (κ2) is 7.96. The van der Waals surface area contributed by atoms with Gasteiger partial charge < -0.3 is 9.80 Å². The van der Waals surface area contributed by atoms with E-state index in [1.54, 1.807) is 36.3 Å². The summed E-state index contributed by atoms with van der Waals surface area (Å²) in [4.78, 5) is 20.9. The number of pyridine rings is 1. The average Bonchev–Trinajstić information content (AvgIpc) is 2.69. The highest BCUT2D eigenvalue weighted by atomic mass is 19.1. The third kappa shape index (κ3) is 4.17. The van der Waals surface area contributed by atoms with Crippen molar-refractivity contribution in [3.8, 4) is 6.07 Å². The van der Waals surface area contributed by atoms with Gasteiger partial charge in [0, 0.05) is 38.8 Å². The molecule has 3 rings (SSSR count). The molecule has 1 saturated heterocycles. The summed E-state index contributed by atoms with van der Waals surface area (Å²) in [6, 6.07) is 11.9. The highest BCUT2D eigenvalue weighted by Gasteiger charge is 2.27. The topological polar surface area (TPSA) is 60.2 Å². The first-order valence-corrected chi connectivity index (χ1v) is 8.67. The zero-order valence-corrected chi connectivity index (χ0v) is 14.7. The van der Waals surface area contributed by atoms with E-state index in [0.29, 0.717) is 12.1 Å². The van der Waals surface area contributed by atoms with Crippen LogP contribution in [0.25, 0.3) is 0 Å². The van der Waals surface area contributed by atoms with Gasteiger partial charge in [-0.05, 0) is 42.7 Å². The Morgan fingerprint density at radius 3 is 2.54 bits per heavy atom. The van der Waals surface area contributed by atoms with Crippen molar-refractivity contribution in [1.29, 1.82) is 5.26 Å². The molecule has 5 nitrogen and oxygen atoms in total. The Bertz CT molecular complexity index is 790. The van der Waals surface area contributed by atoms with Crippen molar-refractivity contribution in [3.05, 3.63) is 59.5 Å². The standard InChI is InChI=1S/C20H21FN4O/c1-24(14-15-2-5-18(21)6-3-15)20(26)17-8-10-25(11-9-17)19-7-4-16(12-22)13-23-19/h2-7,13,17H,8-11,14H2,1H3. The number of hydrogen-bond donors (Lipinski definition) is 0. The fourth-order valence-corrected chi connectivity index (χ4v) is 3.25. The van der Waals surface area contributed by atoms with Gasteiger partial charge in [0.15, 0.2) is 0 Å². The number of carbonyl (C=O) groups is 1. The highest BCUT2D eigenvalue weighted by Crippen LogP contribution is 2.23. The van der Waals surface area contributed by atoms with Crippen LogP contribution in [-0.2, 0) is 11.3 Å². The van der Waals surface area contributed by atoms with Gasteiger partial charge in [-0.2, -0.15) is 5.26 Å². The summed E-state index contributed by atoms with van der Waals surface area (Å²) in [6.07, 6.45) is 3.12. The molecule has 1 aromatic heterocycles. The Hall–Kier alpha value is -2.94. The zero-order chi connectivity index (χ0) is 18.5. The average molecular weight is 352 g/mol. The molecule has 1 aliphatic rings. The smallest absolute Gasteiger partial charge is 0.225 e. The second-order valence-electron chi connectivity index (χ2n) is 6.60. The number of carbonyl (C=O) groups excluding carboxylic acids is 1. The Morgan fingerprint density at radius 1 is 1.27 bits per heavy atom. The van der Waals surface area contributed by atoms with Crippen LogP contribution in [0.5, 0.6) is 0 Å². The number of aromatic nitrogens is 1. The van der Waals surface area contributed by atoms with E-state index in [1.807, 2.05) is 6.07 Å². The number of nitriles is 1. The predicted molar refractivity (Wildman–Crippen MR) is 96.8 cm³/mol. The molecule has 0 unspecified atom stereocenters. The van der Waals surface area contributed by atoms with Gasteiger partial charge in [-0.1, -0.05) is 12.1 Å². The minimum Gasteiger partial charge on any atom is -0.357 e. The van der Waals surface area contributed by atoms with Crippen LogP contribution in [0, 0.1) is 23.1 Å². The number of hydrogen-bond acceptors (Lipinski definition) is 4. The molecule has 0 N–H and O–H groups in total. The van der Waals surface area contributed by atoms with Gasteiger partial charge >= 0.3 is 0 Å². The van der Waals surface area contributed by atoms with Crippen molar-refractivity contribution in [2.75, 3.05) is 25.0 Å². The summed E-state index contributed by atoms with van der Waals surface area (Å²) in [5, 5.41) is 8.84. The van der Waals surface area contributed by atoms with Crippen LogP contribution >= 0.6 is 0 Å². The number of halogens is 1. The lowest BCUT2D eigenvalue weighted by Crippen LogP contribution is -2.41. The molecule has 1 aliphatic heterocycles. The summed E-state index contributed by atoms with van der Waals surface area (Å²) in [5.74, 6) is 0.693. The number of nitrogens with zero attached hydrogens (tertiary/aromatic N) is 4. The van der Waals surface area contributed by atoms with Crippen molar-refractivity contribution in [2.45, 2.75) is 19.4 Å². The zero-order valence-electron chi connectivity index (χ0n) is 14.7. The van der Waals surface area contributed by atoms with E-state index in [4.69, 9.17) is 5.26 Å². The van der Waals surface area contributed by atoms with Crippen LogP contribution in [0.4, 0.5) is 10.2 Å². The molecule has 0 atom stereocenters. The van der Waals surface area contributed by atoms with E-state index in [-0.39, 0.29) is 17.6 Å². The molecule has 134 valence electrons. The second-order valence-corrected chi connectivity index (χ2v) is 6.60. The SMILES string of the molecule is CN(Cc1ccc(F)cc1)C(=O)C1CCN(c2ccc(C#N)cn2)CC1. The van der Waals surface area contributed by atoms with Gasteiger partial charge in [-0.25, -0.2) is 9.37 Å². The molecule has 1 amide bonds. The molecule has 0 radical (unpaired) electrons. The number of anilines is 1. The normalized spacial score (nSPS) is 14.7. The largest absolute Gasteiger partial charge is 0.357 e. The van der Waals surface area contributed by atoms with Gasteiger partial charge in [0.2, 0.25) is 5.91 Å². The summed E-state index contributed by atoms with van der Waals surface area (Å²) in [5.41, 5.74) is 1.46. The van der Waals surface area contributed by atoms with Gasteiger partial charge in [-0.15, -0.1) is 0 Å². The molecule has 26 heavy (non-hydrogen) atoms.